The van der Waals surface area contributed by atoms with Gasteiger partial charge >= 0.3 is 0 Å². The van der Waals surface area contributed by atoms with E-state index in [0.717, 1.165) is 48.0 Å². The van der Waals surface area contributed by atoms with Crippen molar-refractivity contribution in [3.05, 3.63) is 72.1 Å². The van der Waals surface area contributed by atoms with Crippen LogP contribution in [0.25, 0.3) is 17.0 Å². The van der Waals surface area contributed by atoms with E-state index in [9.17, 15) is 8.78 Å². The van der Waals surface area contributed by atoms with Crippen LogP contribution >= 0.6 is 0 Å². The van der Waals surface area contributed by atoms with Crippen molar-refractivity contribution in [1.82, 2.24) is 19.5 Å². The van der Waals surface area contributed by atoms with Crippen molar-refractivity contribution in [2.24, 2.45) is 18.0 Å². The molecule has 8 nitrogen and oxygen atoms in total. The van der Waals surface area contributed by atoms with E-state index in [1.165, 1.54) is 19.3 Å². The molecule has 5 rings (SSSR count). The largest absolute Gasteiger partial charge is 0.490 e. The summed E-state index contributed by atoms with van der Waals surface area (Å²) in [6.45, 7) is 7.21. The van der Waals surface area contributed by atoms with Gasteiger partial charge in [-0.05, 0) is 44.1 Å². The molecule has 2 aliphatic carbocycles. The van der Waals surface area contributed by atoms with Crippen molar-refractivity contribution in [1.29, 1.82) is 0 Å². The average Bonchev–Trinajstić information content (AvgIpc) is 3.91. The van der Waals surface area contributed by atoms with Crippen LogP contribution in [0.4, 0.5) is 8.78 Å². The number of rotatable bonds is 11. The first kappa shape index (κ1) is 28.4. The molecule has 216 valence electrons. The Hall–Kier alpha value is -4.08. The van der Waals surface area contributed by atoms with Crippen LogP contribution in [-0.4, -0.2) is 39.6 Å². The van der Waals surface area contributed by atoms with Gasteiger partial charge in [-0.1, -0.05) is 43.3 Å². The zero-order valence-corrected chi connectivity index (χ0v) is 24.1. The molecule has 2 heterocycles. The number of alkyl halides is 2. The Bertz CT molecular complexity index is 1500. The average molecular weight is 564 g/mol. The zero-order chi connectivity index (χ0) is 29.4. The maximum absolute atomic E-state index is 14.2. The van der Waals surface area contributed by atoms with Crippen LogP contribution in [0.1, 0.15) is 63.0 Å². The number of allylic oxidation sites excluding steroid dienone is 1. The van der Waals surface area contributed by atoms with Gasteiger partial charge in [-0.25, -0.2) is 15.0 Å². The van der Waals surface area contributed by atoms with Crippen molar-refractivity contribution in [3.8, 4) is 23.0 Å². The van der Waals surface area contributed by atoms with Gasteiger partial charge in [0.2, 0.25) is 5.90 Å². The Labute approximate surface area is 238 Å². The quantitative estimate of drug-likeness (QED) is 0.188. The van der Waals surface area contributed by atoms with E-state index in [0.29, 0.717) is 35.1 Å². The first-order valence-corrected chi connectivity index (χ1v) is 13.7. The maximum atomic E-state index is 14.2. The van der Waals surface area contributed by atoms with E-state index in [4.69, 9.17) is 19.2 Å². The monoisotopic (exact) mass is 563 g/mol. The number of aliphatic imine (C=N–C) groups is 1. The van der Waals surface area contributed by atoms with Gasteiger partial charge < -0.3 is 18.8 Å². The standard InChI is InChI=1S/C31H35F2N5O3/c1-7-31(32,33)24-18-38(4)27(36-24)21-11-13-22(14-12-21)30(15-16-30)41-28-23(39-5)17-35-26(37-28)25(19(3)20-9-10-20)29(40-6)34-8-2/h8,11-14,17-18,20H,2,7,9-10,15-16H2,1,3-6H3/b25-19+,34-29?. The van der Waals surface area contributed by atoms with E-state index in [1.54, 1.807) is 32.0 Å². The minimum atomic E-state index is -2.97. The predicted molar refractivity (Wildman–Crippen MR) is 153 cm³/mol. The molecule has 2 fully saturated rings. The number of nitrogens with zero attached hydrogens (tertiary/aromatic N) is 5. The van der Waals surface area contributed by atoms with E-state index < -0.39 is 11.5 Å². The Morgan fingerprint density at radius 2 is 1.90 bits per heavy atom. The Balaban J connectivity index is 1.45. The molecule has 0 amide bonds. The molecule has 2 saturated carbocycles. The van der Waals surface area contributed by atoms with E-state index in [1.807, 2.05) is 24.3 Å². The SMILES string of the molecule is C=CN=C(OC)/C(=C(\C)C1CC1)c1ncc(OC)c(OC2(c3ccc(-c4nc(C(F)(F)CC)cn4C)cc3)CC2)n1. The fourth-order valence-corrected chi connectivity index (χ4v) is 4.92. The second-order valence-electron chi connectivity index (χ2n) is 10.5. The van der Waals surface area contributed by atoms with Crippen LogP contribution in [0.2, 0.25) is 0 Å². The van der Waals surface area contributed by atoms with Crippen molar-refractivity contribution in [3.63, 3.8) is 0 Å². The van der Waals surface area contributed by atoms with Crippen molar-refractivity contribution in [2.75, 3.05) is 14.2 Å². The Kier molecular flexibility index (Phi) is 7.68. The number of aryl methyl sites for hydroxylation is 1. The topological polar surface area (TPSA) is 83.7 Å². The number of aromatic nitrogens is 4. The van der Waals surface area contributed by atoms with Gasteiger partial charge in [-0.3, -0.25) is 0 Å². The summed E-state index contributed by atoms with van der Waals surface area (Å²) in [4.78, 5) is 17.9. The van der Waals surface area contributed by atoms with Crippen LogP contribution in [0.3, 0.4) is 0 Å². The highest BCUT2D eigenvalue weighted by molar-refractivity contribution is 6.19. The molecule has 0 spiro atoms. The molecule has 0 radical (unpaired) electrons. The molecule has 0 unspecified atom stereocenters. The van der Waals surface area contributed by atoms with Gasteiger partial charge in [0.15, 0.2) is 11.6 Å². The number of methoxy groups -OCH3 is 2. The van der Waals surface area contributed by atoms with Crippen LogP contribution in [0, 0.1) is 5.92 Å². The molecular formula is C31H35F2N5O3. The molecular weight excluding hydrogens is 528 g/mol. The third kappa shape index (κ3) is 5.60. The van der Waals surface area contributed by atoms with Gasteiger partial charge in [0.05, 0.1) is 26.0 Å². The molecule has 0 N–H and O–H groups in total. The number of halogens is 2. The molecule has 3 aromatic rings. The van der Waals surface area contributed by atoms with Gasteiger partial charge in [0.1, 0.15) is 17.1 Å². The summed E-state index contributed by atoms with van der Waals surface area (Å²) < 4.78 is 47.8. The molecule has 1 aromatic carbocycles. The van der Waals surface area contributed by atoms with E-state index in [-0.39, 0.29) is 12.1 Å². The summed E-state index contributed by atoms with van der Waals surface area (Å²) in [6, 6.07) is 7.67. The first-order chi connectivity index (χ1) is 19.7. The summed E-state index contributed by atoms with van der Waals surface area (Å²) >= 11 is 0. The summed E-state index contributed by atoms with van der Waals surface area (Å²) in [6.07, 6.45) is 7.89. The molecule has 2 aromatic heterocycles. The highest BCUT2D eigenvalue weighted by Crippen LogP contribution is 2.51. The molecule has 0 bridgehead atoms. The molecule has 0 saturated heterocycles. The van der Waals surface area contributed by atoms with Gasteiger partial charge in [-0.2, -0.15) is 13.8 Å². The highest BCUT2D eigenvalue weighted by Gasteiger charge is 2.48. The summed E-state index contributed by atoms with van der Waals surface area (Å²) in [5.74, 6) is -0.485. The molecule has 41 heavy (non-hydrogen) atoms. The second kappa shape index (κ2) is 11.1. The van der Waals surface area contributed by atoms with Crippen LogP contribution in [0.15, 0.2) is 60.0 Å². The smallest absolute Gasteiger partial charge is 0.290 e. The summed E-state index contributed by atoms with van der Waals surface area (Å²) in [5, 5.41) is 0. The Morgan fingerprint density at radius 1 is 1.20 bits per heavy atom. The van der Waals surface area contributed by atoms with Crippen molar-refractivity contribution >= 4 is 11.5 Å². The molecule has 10 heteroatoms. The lowest BCUT2D eigenvalue weighted by Crippen LogP contribution is -2.18. The van der Waals surface area contributed by atoms with Gasteiger partial charge in [0, 0.05) is 31.4 Å². The van der Waals surface area contributed by atoms with E-state index in [2.05, 4.69) is 28.5 Å². The third-order valence-corrected chi connectivity index (χ3v) is 7.73. The minimum absolute atomic E-state index is 0.227. The fourth-order valence-electron chi connectivity index (χ4n) is 4.92. The zero-order valence-electron chi connectivity index (χ0n) is 24.1. The normalized spacial score (nSPS) is 17.1. The minimum Gasteiger partial charge on any atom is -0.490 e. The molecule has 0 aliphatic heterocycles. The number of hydrogen-bond donors (Lipinski definition) is 0. The summed E-state index contributed by atoms with van der Waals surface area (Å²) in [5.41, 5.74) is 2.71. The van der Waals surface area contributed by atoms with Crippen LogP contribution < -0.4 is 9.47 Å². The fraction of sp³-hybridized carbons (Fsp3) is 0.419. The Morgan fingerprint density at radius 3 is 2.46 bits per heavy atom. The number of benzene rings is 1. The number of ether oxygens (including phenoxy) is 3. The van der Waals surface area contributed by atoms with Crippen LogP contribution in [0.5, 0.6) is 11.6 Å². The molecule has 0 atom stereocenters. The van der Waals surface area contributed by atoms with Gasteiger partial charge in [0.25, 0.3) is 11.8 Å². The molecule has 2 aliphatic rings. The second-order valence-corrected chi connectivity index (χ2v) is 10.5. The lowest BCUT2D eigenvalue weighted by Gasteiger charge is -2.20. The lowest BCUT2D eigenvalue weighted by atomic mass is 10.0. The summed E-state index contributed by atoms with van der Waals surface area (Å²) in [7, 11) is 4.83. The first-order valence-electron chi connectivity index (χ1n) is 13.7. The van der Waals surface area contributed by atoms with Crippen molar-refractivity contribution < 1.29 is 23.0 Å². The van der Waals surface area contributed by atoms with Crippen molar-refractivity contribution in [2.45, 2.75) is 57.5 Å². The highest BCUT2D eigenvalue weighted by atomic mass is 19.3. The number of imidazole rings is 1. The predicted octanol–water partition coefficient (Wildman–Crippen LogP) is 6.83. The lowest BCUT2D eigenvalue weighted by molar-refractivity contribution is -0.0124. The maximum Gasteiger partial charge on any atom is 0.290 e. The third-order valence-electron chi connectivity index (χ3n) is 7.73. The van der Waals surface area contributed by atoms with Gasteiger partial charge in [-0.15, -0.1) is 0 Å². The van der Waals surface area contributed by atoms with Crippen LogP contribution in [-0.2, 0) is 23.3 Å². The number of hydrogen-bond acceptors (Lipinski definition) is 7. The van der Waals surface area contributed by atoms with E-state index >= 15 is 0 Å².